The Kier molecular flexibility index (Phi) is 5.36. The monoisotopic (exact) mass is 298 g/mol. The van der Waals surface area contributed by atoms with E-state index in [4.69, 9.17) is 22.2 Å². The molecule has 6 heteroatoms. The average Bonchev–Trinajstić information content (AvgIpc) is 2.18. The van der Waals surface area contributed by atoms with Crippen LogP contribution in [0.15, 0.2) is 0 Å². The molecule has 0 aliphatic carbocycles. The van der Waals surface area contributed by atoms with Crippen LogP contribution < -0.4 is 0 Å². The van der Waals surface area contributed by atoms with Crippen LogP contribution in [0.25, 0.3) is 0 Å². The van der Waals surface area contributed by atoms with Gasteiger partial charge in [-0.25, -0.2) is 0 Å². The van der Waals surface area contributed by atoms with Gasteiger partial charge in [0.1, 0.15) is 0 Å². The number of hydrogen-bond donors (Lipinski definition) is 0. The van der Waals surface area contributed by atoms with E-state index in [2.05, 4.69) is 36.8 Å². The summed E-state index contributed by atoms with van der Waals surface area (Å²) in [5.41, 5.74) is 2.26. The first-order chi connectivity index (χ1) is 7.45. The molecule has 2 nitrogen and oxygen atoms in total. The van der Waals surface area contributed by atoms with Gasteiger partial charge in [-0.1, -0.05) is 27.7 Å². The maximum atomic E-state index is 6.80. The molecule has 0 aromatic rings. The second-order valence-corrected chi connectivity index (χ2v) is 16.5. The molecule has 0 N–H and O–H groups in total. The fourth-order valence-electron chi connectivity index (χ4n) is 2.81. The standard InChI is InChI=1S/C10H24Cl2N2Si2/c1-5-13(6-2)15(11)9-16(12,10-15)14(7-3)8-4/h5-10H2,1-4H3. The fourth-order valence-corrected chi connectivity index (χ4v) is 25.5. The minimum atomic E-state index is -1.66. The lowest BCUT2D eigenvalue weighted by atomic mass is 10.7. The predicted molar refractivity (Wildman–Crippen MR) is 78.7 cm³/mol. The first-order valence-corrected chi connectivity index (χ1v) is 13.1. The minimum absolute atomic E-state index is 1.08. The van der Waals surface area contributed by atoms with E-state index in [1.54, 1.807) is 0 Å². The minimum Gasteiger partial charge on any atom is -0.312 e. The van der Waals surface area contributed by atoms with Crippen molar-refractivity contribution in [3.05, 3.63) is 0 Å². The first-order valence-electron chi connectivity index (χ1n) is 6.33. The van der Waals surface area contributed by atoms with E-state index >= 15 is 0 Å². The number of hydrogen-bond acceptors (Lipinski definition) is 2. The molecule has 96 valence electrons. The number of halogens is 2. The SMILES string of the molecule is CCN(CC)[Si]1(Cl)C[Si](Cl)(N(CC)CC)C1. The van der Waals surface area contributed by atoms with Crippen LogP contribution in [0, 0.1) is 0 Å². The van der Waals surface area contributed by atoms with Crippen molar-refractivity contribution < 1.29 is 0 Å². The zero-order chi connectivity index (χ0) is 12.4. The Morgan fingerprint density at radius 2 is 1.00 bits per heavy atom. The van der Waals surface area contributed by atoms with Gasteiger partial charge in [-0.05, 0) is 37.5 Å². The zero-order valence-electron chi connectivity index (χ0n) is 10.9. The average molecular weight is 299 g/mol. The molecule has 16 heavy (non-hydrogen) atoms. The Labute approximate surface area is 111 Å². The van der Waals surface area contributed by atoms with Gasteiger partial charge in [0.15, 0.2) is 0 Å². The van der Waals surface area contributed by atoms with E-state index in [0.717, 1.165) is 37.5 Å². The lowest BCUT2D eigenvalue weighted by Gasteiger charge is -2.54. The third-order valence-corrected chi connectivity index (χ3v) is 22.2. The smallest absolute Gasteiger partial charge is 0.228 e. The van der Waals surface area contributed by atoms with Crippen molar-refractivity contribution in [3.8, 4) is 0 Å². The predicted octanol–water partition coefficient (Wildman–Crippen LogP) is 3.12. The third kappa shape index (κ3) is 2.67. The lowest BCUT2D eigenvalue weighted by Crippen LogP contribution is -2.72. The maximum absolute atomic E-state index is 6.80. The van der Waals surface area contributed by atoms with Gasteiger partial charge in [-0.2, -0.15) is 0 Å². The van der Waals surface area contributed by atoms with E-state index in [1.807, 2.05) is 0 Å². The molecule has 1 fully saturated rings. The molecular formula is C10H24Cl2N2Si2. The molecule has 1 aliphatic rings. The molecule has 1 aliphatic heterocycles. The van der Waals surface area contributed by atoms with Crippen LogP contribution in [0.3, 0.4) is 0 Å². The Balaban J connectivity index is 2.63. The van der Waals surface area contributed by atoms with Gasteiger partial charge in [0.2, 0.25) is 15.1 Å². The second-order valence-electron chi connectivity index (χ2n) is 4.53. The van der Waals surface area contributed by atoms with Crippen LogP contribution in [0.4, 0.5) is 0 Å². The number of nitrogens with zero attached hydrogens (tertiary/aromatic N) is 2. The van der Waals surface area contributed by atoms with Crippen LogP contribution in [-0.2, 0) is 0 Å². The van der Waals surface area contributed by atoms with E-state index < -0.39 is 15.1 Å². The first kappa shape index (κ1) is 15.0. The van der Waals surface area contributed by atoms with Crippen LogP contribution in [-0.4, -0.2) is 50.4 Å². The summed E-state index contributed by atoms with van der Waals surface area (Å²) in [6, 6.07) is 0. The van der Waals surface area contributed by atoms with Crippen molar-refractivity contribution in [2.75, 3.05) is 26.2 Å². The topological polar surface area (TPSA) is 6.48 Å². The van der Waals surface area contributed by atoms with Gasteiger partial charge in [0.05, 0.1) is 0 Å². The molecule has 0 spiro atoms. The molecule has 1 rings (SSSR count). The molecule has 0 atom stereocenters. The summed E-state index contributed by atoms with van der Waals surface area (Å²) in [6.07, 6.45) is 0. The van der Waals surface area contributed by atoms with E-state index in [-0.39, 0.29) is 0 Å². The zero-order valence-corrected chi connectivity index (χ0v) is 14.4. The maximum Gasteiger partial charge on any atom is 0.228 e. The van der Waals surface area contributed by atoms with Gasteiger partial charge >= 0.3 is 0 Å². The summed E-state index contributed by atoms with van der Waals surface area (Å²) in [5, 5.41) is 0. The Hall–Kier alpha value is 0.934. The van der Waals surface area contributed by atoms with Gasteiger partial charge < -0.3 is 9.13 Å². The van der Waals surface area contributed by atoms with Gasteiger partial charge in [-0.15, -0.1) is 22.2 Å². The highest BCUT2D eigenvalue weighted by Crippen LogP contribution is 2.48. The van der Waals surface area contributed by atoms with Crippen LogP contribution in [0.1, 0.15) is 27.7 Å². The van der Waals surface area contributed by atoms with Crippen molar-refractivity contribution in [1.82, 2.24) is 9.13 Å². The fraction of sp³-hybridized carbons (Fsp3) is 1.00. The van der Waals surface area contributed by atoms with Gasteiger partial charge in [0, 0.05) is 0 Å². The van der Waals surface area contributed by atoms with Gasteiger partial charge in [0.25, 0.3) is 0 Å². The van der Waals surface area contributed by atoms with Crippen molar-refractivity contribution in [1.29, 1.82) is 0 Å². The van der Waals surface area contributed by atoms with Crippen molar-refractivity contribution in [2.24, 2.45) is 0 Å². The molecule has 0 saturated carbocycles. The summed E-state index contributed by atoms with van der Waals surface area (Å²) in [4.78, 5) is 0. The summed E-state index contributed by atoms with van der Waals surface area (Å²) in [7, 11) is -3.33. The van der Waals surface area contributed by atoms with Crippen molar-refractivity contribution >= 4 is 37.2 Å². The van der Waals surface area contributed by atoms with E-state index in [9.17, 15) is 0 Å². The second kappa shape index (κ2) is 5.72. The molecule has 0 radical (unpaired) electrons. The summed E-state index contributed by atoms with van der Waals surface area (Å²) < 4.78 is 4.96. The Morgan fingerprint density at radius 1 is 0.750 bits per heavy atom. The molecule has 1 saturated heterocycles. The third-order valence-electron chi connectivity index (χ3n) is 3.74. The molecule has 0 aromatic heterocycles. The van der Waals surface area contributed by atoms with Crippen molar-refractivity contribution in [2.45, 2.75) is 39.0 Å². The van der Waals surface area contributed by atoms with Crippen LogP contribution in [0.5, 0.6) is 0 Å². The highest BCUT2D eigenvalue weighted by Gasteiger charge is 2.62. The number of rotatable bonds is 6. The van der Waals surface area contributed by atoms with Crippen LogP contribution >= 0.6 is 22.2 Å². The molecule has 0 unspecified atom stereocenters. The lowest BCUT2D eigenvalue weighted by molar-refractivity contribution is 0.445. The summed E-state index contributed by atoms with van der Waals surface area (Å²) in [5.74, 6) is 0. The summed E-state index contributed by atoms with van der Waals surface area (Å²) in [6.45, 7) is 13.1. The quantitative estimate of drug-likeness (QED) is 0.549. The van der Waals surface area contributed by atoms with Crippen molar-refractivity contribution in [3.63, 3.8) is 0 Å². The molecule has 0 amide bonds. The molecular weight excluding hydrogens is 275 g/mol. The molecule has 0 bridgehead atoms. The molecule has 0 aromatic carbocycles. The normalized spacial score (nSPS) is 34.5. The van der Waals surface area contributed by atoms with E-state index in [0.29, 0.717) is 0 Å². The largest absolute Gasteiger partial charge is 0.312 e. The Bertz CT molecular complexity index is 205. The summed E-state index contributed by atoms with van der Waals surface area (Å²) >= 11 is 13.6. The molecule has 1 heterocycles. The Morgan fingerprint density at radius 3 is 1.19 bits per heavy atom. The highest BCUT2D eigenvalue weighted by atomic mass is 35.6. The van der Waals surface area contributed by atoms with Gasteiger partial charge in [-0.3, -0.25) is 0 Å². The van der Waals surface area contributed by atoms with Crippen LogP contribution in [0.2, 0.25) is 11.3 Å². The highest BCUT2D eigenvalue weighted by molar-refractivity contribution is 7.43. The van der Waals surface area contributed by atoms with E-state index in [1.165, 1.54) is 0 Å².